The van der Waals surface area contributed by atoms with Crippen molar-refractivity contribution >= 4 is 39.6 Å². The highest BCUT2D eigenvalue weighted by atomic mass is 32.2. The number of alkyl halides is 3. The van der Waals surface area contributed by atoms with E-state index in [0.29, 0.717) is 11.9 Å². The molecule has 4 rings (SSSR count). The predicted molar refractivity (Wildman–Crippen MR) is 110 cm³/mol. The van der Waals surface area contributed by atoms with Crippen LogP contribution in [0.4, 0.5) is 18.0 Å². The van der Waals surface area contributed by atoms with Crippen molar-refractivity contribution in [2.24, 2.45) is 0 Å². The molecule has 158 valence electrons. The monoisotopic (exact) mass is 444 g/mol. The number of halogens is 3. The van der Waals surface area contributed by atoms with Gasteiger partial charge in [-0.1, -0.05) is 42.1 Å². The molecule has 0 radical (unpaired) electrons. The zero-order valence-electron chi connectivity index (χ0n) is 15.9. The summed E-state index contributed by atoms with van der Waals surface area (Å²) in [6.07, 6.45) is -3.01. The number of benzene rings is 2. The number of thioether (sulfide) groups is 1. The van der Waals surface area contributed by atoms with Crippen LogP contribution in [0.3, 0.4) is 0 Å². The van der Waals surface area contributed by atoms with Crippen LogP contribution in [0.15, 0.2) is 54.7 Å². The second-order valence-corrected chi connectivity index (χ2v) is 8.27. The Morgan fingerprint density at radius 1 is 1.10 bits per heavy atom. The van der Waals surface area contributed by atoms with E-state index in [2.05, 4.69) is 10.3 Å². The fraction of sp³-hybridized carbons (Fsp3) is 0.182. The summed E-state index contributed by atoms with van der Waals surface area (Å²) in [5.41, 5.74) is 0.636. The Bertz CT molecular complexity index is 1210. The SMILES string of the molecule is O=C1NC(=O)C(Cc2cnc3cc(C(=O)Cc4ccccc4C(F)(F)F)ccc3c2)S1. The number of carbonyl (C=O) groups is 3. The molecule has 1 aliphatic rings. The number of hydrogen-bond acceptors (Lipinski definition) is 5. The van der Waals surface area contributed by atoms with Crippen molar-refractivity contribution in [3.05, 3.63) is 77.0 Å². The number of nitrogens with one attached hydrogen (secondary N) is 1. The molecule has 2 heterocycles. The van der Waals surface area contributed by atoms with Gasteiger partial charge >= 0.3 is 6.18 Å². The smallest absolute Gasteiger partial charge is 0.294 e. The number of amides is 2. The molecule has 1 fully saturated rings. The maximum Gasteiger partial charge on any atom is 0.416 e. The van der Waals surface area contributed by atoms with Gasteiger partial charge in [0.2, 0.25) is 5.91 Å². The Labute approximate surface area is 179 Å². The fourth-order valence-corrected chi connectivity index (χ4v) is 4.28. The van der Waals surface area contributed by atoms with Gasteiger partial charge in [0.05, 0.1) is 16.3 Å². The van der Waals surface area contributed by atoms with Gasteiger partial charge in [0.15, 0.2) is 5.78 Å². The first-order valence-electron chi connectivity index (χ1n) is 9.29. The van der Waals surface area contributed by atoms with Gasteiger partial charge in [0.25, 0.3) is 5.24 Å². The summed E-state index contributed by atoms with van der Waals surface area (Å²) >= 11 is 0.932. The van der Waals surface area contributed by atoms with E-state index in [9.17, 15) is 27.6 Å². The number of ketones is 1. The number of nitrogens with zero attached hydrogens (tertiary/aromatic N) is 1. The quantitative estimate of drug-likeness (QED) is 0.584. The van der Waals surface area contributed by atoms with Crippen molar-refractivity contribution in [3.63, 3.8) is 0 Å². The van der Waals surface area contributed by atoms with Gasteiger partial charge in [0.1, 0.15) is 0 Å². The minimum Gasteiger partial charge on any atom is -0.294 e. The highest BCUT2D eigenvalue weighted by Crippen LogP contribution is 2.32. The summed E-state index contributed by atoms with van der Waals surface area (Å²) in [6, 6.07) is 11.6. The van der Waals surface area contributed by atoms with Crippen molar-refractivity contribution in [1.82, 2.24) is 10.3 Å². The molecular weight excluding hydrogens is 429 g/mol. The van der Waals surface area contributed by atoms with E-state index < -0.39 is 22.8 Å². The lowest BCUT2D eigenvalue weighted by atomic mass is 9.97. The maximum absolute atomic E-state index is 13.2. The van der Waals surface area contributed by atoms with Crippen LogP contribution >= 0.6 is 11.8 Å². The van der Waals surface area contributed by atoms with Crippen molar-refractivity contribution in [3.8, 4) is 0 Å². The van der Waals surface area contributed by atoms with Gasteiger partial charge in [-0.3, -0.25) is 24.7 Å². The summed E-state index contributed by atoms with van der Waals surface area (Å²) in [6.45, 7) is 0. The molecule has 0 saturated carbocycles. The second-order valence-electron chi connectivity index (χ2n) is 7.09. The molecule has 1 N–H and O–H groups in total. The third-order valence-corrected chi connectivity index (χ3v) is 5.91. The molecule has 0 spiro atoms. The van der Waals surface area contributed by atoms with Crippen LogP contribution < -0.4 is 5.32 Å². The Kier molecular flexibility index (Phi) is 5.53. The highest BCUT2D eigenvalue weighted by molar-refractivity contribution is 8.15. The summed E-state index contributed by atoms with van der Waals surface area (Å²) < 4.78 is 39.5. The van der Waals surface area contributed by atoms with Crippen molar-refractivity contribution in [2.75, 3.05) is 0 Å². The van der Waals surface area contributed by atoms with E-state index in [1.54, 1.807) is 18.3 Å². The fourth-order valence-electron chi connectivity index (χ4n) is 3.42. The van der Waals surface area contributed by atoms with E-state index in [0.717, 1.165) is 28.8 Å². The summed E-state index contributed by atoms with van der Waals surface area (Å²) in [5, 5.41) is 2.07. The largest absolute Gasteiger partial charge is 0.416 e. The van der Waals surface area contributed by atoms with E-state index in [1.807, 2.05) is 6.07 Å². The molecule has 0 aliphatic carbocycles. The molecule has 3 aromatic rings. The van der Waals surface area contributed by atoms with Crippen LogP contribution in [0.1, 0.15) is 27.0 Å². The van der Waals surface area contributed by atoms with Crippen molar-refractivity contribution in [2.45, 2.75) is 24.3 Å². The molecule has 1 unspecified atom stereocenters. The predicted octanol–water partition coefficient (Wildman–Crippen LogP) is 4.57. The third kappa shape index (κ3) is 4.61. The molecule has 31 heavy (non-hydrogen) atoms. The second kappa shape index (κ2) is 8.14. The highest BCUT2D eigenvalue weighted by Gasteiger charge is 2.33. The minimum atomic E-state index is -4.53. The molecule has 5 nitrogen and oxygen atoms in total. The third-order valence-electron chi connectivity index (χ3n) is 4.92. The lowest BCUT2D eigenvalue weighted by Gasteiger charge is -2.12. The van der Waals surface area contributed by atoms with E-state index in [4.69, 9.17) is 0 Å². The number of aromatic nitrogens is 1. The molecule has 1 saturated heterocycles. The number of imide groups is 1. The van der Waals surface area contributed by atoms with Crippen LogP contribution in [0, 0.1) is 0 Å². The van der Waals surface area contributed by atoms with Gasteiger partial charge < -0.3 is 0 Å². The molecule has 1 aliphatic heterocycles. The number of pyridine rings is 1. The number of rotatable bonds is 5. The molecule has 9 heteroatoms. The Morgan fingerprint density at radius 2 is 1.87 bits per heavy atom. The van der Waals surface area contributed by atoms with Crippen molar-refractivity contribution in [1.29, 1.82) is 0 Å². The summed E-state index contributed by atoms with van der Waals surface area (Å²) in [4.78, 5) is 40.0. The standard InChI is InChI=1S/C22H15F3N2O3S/c23-22(24,25)16-4-2-1-3-13(16)10-18(28)15-6-5-14-7-12(11-26-17(14)9-15)8-19-20(29)27-21(30)31-19/h1-7,9,11,19H,8,10H2,(H,27,29,30). The number of fused-ring (bicyclic) bond motifs is 1. The molecular formula is C22H15F3N2O3S. The first-order chi connectivity index (χ1) is 14.7. The van der Waals surface area contributed by atoms with Gasteiger partial charge in [-0.15, -0.1) is 0 Å². The Morgan fingerprint density at radius 3 is 2.58 bits per heavy atom. The summed E-state index contributed by atoms with van der Waals surface area (Å²) in [5.74, 6) is -0.780. The topological polar surface area (TPSA) is 76.1 Å². The number of hydrogen-bond donors (Lipinski definition) is 1. The lowest BCUT2D eigenvalue weighted by Crippen LogP contribution is -2.25. The minimum absolute atomic E-state index is 0.0784. The Balaban J connectivity index is 1.54. The van der Waals surface area contributed by atoms with Crippen LogP contribution in [-0.2, 0) is 23.8 Å². The van der Waals surface area contributed by atoms with Gasteiger partial charge in [-0.25, -0.2) is 0 Å². The number of Topliss-reactive ketones (excluding diaryl/α,β-unsaturated/α-hetero) is 1. The lowest BCUT2D eigenvalue weighted by molar-refractivity contribution is -0.138. The first-order valence-corrected chi connectivity index (χ1v) is 10.2. The zero-order valence-corrected chi connectivity index (χ0v) is 16.7. The van der Waals surface area contributed by atoms with Crippen LogP contribution in [0.25, 0.3) is 10.9 Å². The van der Waals surface area contributed by atoms with E-state index in [-0.39, 0.29) is 28.7 Å². The molecule has 1 atom stereocenters. The summed E-state index contributed by atoms with van der Waals surface area (Å²) in [7, 11) is 0. The average Bonchev–Trinajstić information content (AvgIpc) is 3.03. The molecule has 0 bridgehead atoms. The number of carbonyl (C=O) groups excluding carboxylic acids is 3. The van der Waals surface area contributed by atoms with E-state index >= 15 is 0 Å². The van der Waals surface area contributed by atoms with Crippen LogP contribution in [0.2, 0.25) is 0 Å². The van der Waals surface area contributed by atoms with Gasteiger partial charge in [-0.05, 0) is 35.7 Å². The maximum atomic E-state index is 13.2. The molecule has 2 amide bonds. The zero-order chi connectivity index (χ0) is 22.2. The Hall–Kier alpha value is -3.20. The normalized spacial score (nSPS) is 16.5. The molecule has 2 aromatic carbocycles. The van der Waals surface area contributed by atoms with Gasteiger partial charge in [0, 0.05) is 23.6 Å². The van der Waals surface area contributed by atoms with Crippen LogP contribution in [-0.4, -0.2) is 27.2 Å². The van der Waals surface area contributed by atoms with Crippen LogP contribution in [0.5, 0.6) is 0 Å². The van der Waals surface area contributed by atoms with Crippen molar-refractivity contribution < 1.29 is 27.6 Å². The molecule has 1 aromatic heterocycles. The average molecular weight is 444 g/mol. The first kappa shape index (κ1) is 21.0. The van der Waals surface area contributed by atoms with Gasteiger partial charge in [-0.2, -0.15) is 13.2 Å². The van der Waals surface area contributed by atoms with E-state index in [1.165, 1.54) is 24.3 Å².